The predicted molar refractivity (Wildman–Crippen MR) is 81.7 cm³/mol. The second kappa shape index (κ2) is 6.09. The Morgan fingerprint density at radius 3 is 2.67 bits per heavy atom. The lowest BCUT2D eigenvalue weighted by Gasteiger charge is -2.08. The maximum atomic E-state index is 5.76. The van der Waals surface area contributed by atoms with Crippen LogP contribution in [0.15, 0.2) is 59.2 Å². The molecule has 0 spiro atoms. The van der Waals surface area contributed by atoms with E-state index in [0.717, 1.165) is 11.5 Å². The van der Waals surface area contributed by atoms with Crippen LogP contribution in [-0.2, 0) is 13.0 Å². The lowest BCUT2D eigenvalue weighted by Crippen LogP contribution is -2.06. The van der Waals surface area contributed by atoms with Crippen LogP contribution in [0.1, 0.15) is 17.0 Å². The highest BCUT2D eigenvalue weighted by atomic mass is 16.3. The van der Waals surface area contributed by atoms with Crippen molar-refractivity contribution in [2.75, 3.05) is 11.1 Å². The molecular weight excluding hydrogens is 264 g/mol. The molecule has 106 valence electrons. The summed E-state index contributed by atoms with van der Waals surface area (Å²) in [5, 5.41) is 3.26. The van der Waals surface area contributed by atoms with Gasteiger partial charge in [-0.1, -0.05) is 30.3 Å². The third-order valence-corrected chi connectivity index (χ3v) is 3.05. The van der Waals surface area contributed by atoms with Gasteiger partial charge in [0.1, 0.15) is 11.6 Å². The summed E-state index contributed by atoms with van der Waals surface area (Å²) in [5.74, 6) is 1.82. The van der Waals surface area contributed by atoms with Gasteiger partial charge in [0.15, 0.2) is 0 Å². The smallest absolute Gasteiger partial charge is 0.222 e. The standard InChI is InChI=1S/C16H16N4O/c17-16-19-13(9-14-7-4-8-21-14)10-15(20-16)18-11-12-5-2-1-3-6-12/h1-8,10H,9,11H2,(H3,17,18,19,20). The van der Waals surface area contributed by atoms with Crippen LogP contribution in [0.4, 0.5) is 11.8 Å². The number of nitrogen functional groups attached to an aromatic ring is 1. The number of furan rings is 1. The first kappa shape index (κ1) is 13.2. The van der Waals surface area contributed by atoms with Crippen molar-refractivity contribution in [2.24, 2.45) is 0 Å². The number of hydrogen-bond donors (Lipinski definition) is 2. The molecule has 2 aromatic heterocycles. The van der Waals surface area contributed by atoms with Crippen LogP contribution in [0.3, 0.4) is 0 Å². The minimum absolute atomic E-state index is 0.259. The van der Waals surface area contributed by atoms with Gasteiger partial charge in [-0.05, 0) is 17.7 Å². The summed E-state index contributed by atoms with van der Waals surface area (Å²) in [7, 11) is 0. The third-order valence-electron chi connectivity index (χ3n) is 3.05. The van der Waals surface area contributed by atoms with E-state index in [9.17, 15) is 0 Å². The van der Waals surface area contributed by atoms with Crippen molar-refractivity contribution in [3.63, 3.8) is 0 Å². The van der Waals surface area contributed by atoms with Gasteiger partial charge in [0.25, 0.3) is 0 Å². The molecule has 21 heavy (non-hydrogen) atoms. The van der Waals surface area contributed by atoms with Gasteiger partial charge < -0.3 is 15.5 Å². The quantitative estimate of drug-likeness (QED) is 0.751. The molecule has 0 bridgehead atoms. The Balaban J connectivity index is 1.72. The molecule has 3 rings (SSSR count). The molecule has 0 amide bonds. The first-order valence-electron chi connectivity index (χ1n) is 6.73. The summed E-state index contributed by atoms with van der Waals surface area (Å²) < 4.78 is 5.32. The van der Waals surface area contributed by atoms with Crippen LogP contribution in [0.5, 0.6) is 0 Å². The van der Waals surface area contributed by atoms with Gasteiger partial charge in [-0.3, -0.25) is 0 Å². The normalized spacial score (nSPS) is 10.5. The molecule has 2 heterocycles. The van der Waals surface area contributed by atoms with E-state index in [0.29, 0.717) is 18.8 Å². The highest BCUT2D eigenvalue weighted by molar-refractivity contribution is 5.42. The van der Waals surface area contributed by atoms with E-state index >= 15 is 0 Å². The number of rotatable bonds is 5. The molecule has 0 saturated heterocycles. The van der Waals surface area contributed by atoms with Crippen molar-refractivity contribution < 1.29 is 4.42 Å². The summed E-state index contributed by atoms with van der Waals surface area (Å²) in [4.78, 5) is 8.43. The minimum Gasteiger partial charge on any atom is -0.469 e. The van der Waals surface area contributed by atoms with Gasteiger partial charge in [-0.25, -0.2) is 4.98 Å². The van der Waals surface area contributed by atoms with E-state index in [1.807, 2.05) is 36.4 Å². The zero-order valence-electron chi connectivity index (χ0n) is 11.5. The maximum Gasteiger partial charge on any atom is 0.222 e. The Morgan fingerprint density at radius 1 is 1.05 bits per heavy atom. The molecule has 3 N–H and O–H groups in total. The summed E-state index contributed by atoms with van der Waals surface area (Å²) in [6.07, 6.45) is 2.24. The minimum atomic E-state index is 0.259. The fraction of sp³-hybridized carbons (Fsp3) is 0.125. The second-order valence-electron chi connectivity index (χ2n) is 4.70. The van der Waals surface area contributed by atoms with Crippen molar-refractivity contribution in [1.82, 2.24) is 9.97 Å². The second-order valence-corrected chi connectivity index (χ2v) is 4.70. The molecule has 0 aliphatic rings. The van der Waals surface area contributed by atoms with E-state index in [1.165, 1.54) is 5.56 Å². The first-order valence-corrected chi connectivity index (χ1v) is 6.73. The Hall–Kier alpha value is -2.82. The van der Waals surface area contributed by atoms with Gasteiger partial charge >= 0.3 is 0 Å². The summed E-state index contributed by atoms with van der Waals surface area (Å²) in [6, 6.07) is 15.8. The number of nitrogens with zero attached hydrogens (tertiary/aromatic N) is 2. The van der Waals surface area contributed by atoms with Crippen molar-refractivity contribution in [1.29, 1.82) is 0 Å². The van der Waals surface area contributed by atoms with Crippen molar-refractivity contribution >= 4 is 11.8 Å². The van der Waals surface area contributed by atoms with Crippen LogP contribution in [0.2, 0.25) is 0 Å². The average Bonchev–Trinajstić information content (AvgIpc) is 2.99. The predicted octanol–water partition coefficient (Wildman–Crippen LogP) is 2.85. The highest BCUT2D eigenvalue weighted by Gasteiger charge is 2.05. The lowest BCUT2D eigenvalue weighted by atomic mass is 10.2. The summed E-state index contributed by atoms with van der Waals surface area (Å²) in [5.41, 5.74) is 7.77. The van der Waals surface area contributed by atoms with Gasteiger partial charge in [-0.2, -0.15) is 4.98 Å². The Labute approximate surface area is 122 Å². The molecule has 0 fully saturated rings. The Kier molecular flexibility index (Phi) is 3.82. The van der Waals surface area contributed by atoms with Crippen LogP contribution in [-0.4, -0.2) is 9.97 Å². The first-order chi connectivity index (χ1) is 10.3. The van der Waals surface area contributed by atoms with Crippen LogP contribution in [0, 0.1) is 0 Å². The third kappa shape index (κ3) is 3.60. The largest absolute Gasteiger partial charge is 0.469 e. The molecule has 5 heteroatoms. The summed E-state index contributed by atoms with van der Waals surface area (Å²) >= 11 is 0. The molecule has 1 aromatic carbocycles. The highest BCUT2D eigenvalue weighted by Crippen LogP contribution is 2.14. The van der Waals surface area contributed by atoms with Gasteiger partial charge in [0, 0.05) is 19.0 Å². The van der Waals surface area contributed by atoms with Crippen molar-refractivity contribution in [3.05, 3.63) is 71.8 Å². The van der Waals surface area contributed by atoms with E-state index in [4.69, 9.17) is 10.2 Å². The fourth-order valence-corrected chi connectivity index (χ4v) is 2.08. The zero-order valence-corrected chi connectivity index (χ0v) is 11.5. The molecule has 0 aliphatic heterocycles. The van der Waals surface area contributed by atoms with Crippen LogP contribution in [0.25, 0.3) is 0 Å². The average molecular weight is 280 g/mol. The molecule has 0 radical (unpaired) electrons. The van der Waals surface area contributed by atoms with Gasteiger partial charge in [-0.15, -0.1) is 0 Å². The number of hydrogen-bond acceptors (Lipinski definition) is 5. The van der Waals surface area contributed by atoms with Crippen LogP contribution >= 0.6 is 0 Å². The number of anilines is 2. The topological polar surface area (TPSA) is 77.0 Å². The molecular formula is C16H16N4O. The molecule has 0 saturated carbocycles. The monoisotopic (exact) mass is 280 g/mol. The Morgan fingerprint density at radius 2 is 1.90 bits per heavy atom. The Bertz CT molecular complexity index is 696. The molecule has 0 atom stereocenters. The van der Waals surface area contributed by atoms with E-state index in [1.54, 1.807) is 6.26 Å². The zero-order chi connectivity index (χ0) is 14.5. The number of aromatic nitrogens is 2. The maximum absolute atomic E-state index is 5.76. The van der Waals surface area contributed by atoms with E-state index in [-0.39, 0.29) is 5.95 Å². The van der Waals surface area contributed by atoms with E-state index in [2.05, 4.69) is 27.4 Å². The molecule has 5 nitrogen and oxygen atoms in total. The van der Waals surface area contributed by atoms with Gasteiger partial charge in [0.05, 0.1) is 12.0 Å². The van der Waals surface area contributed by atoms with Crippen LogP contribution < -0.4 is 11.1 Å². The summed E-state index contributed by atoms with van der Waals surface area (Å²) in [6.45, 7) is 0.692. The molecule has 0 unspecified atom stereocenters. The molecule has 3 aromatic rings. The van der Waals surface area contributed by atoms with Crippen molar-refractivity contribution in [3.8, 4) is 0 Å². The fourth-order valence-electron chi connectivity index (χ4n) is 2.08. The van der Waals surface area contributed by atoms with E-state index < -0.39 is 0 Å². The number of nitrogens with one attached hydrogen (secondary N) is 1. The molecule has 0 aliphatic carbocycles. The number of benzene rings is 1. The SMILES string of the molecule is Nc1nc(Cc2ccco2)cc(NCc2ccccc2)n1. The number of nitrogens with two attached hydrogens (primary N) is 1. The lowest BCUT2D eigenvalue weighted by molar-refractivity contribution is 0.519. The van der Waals surface area contributed by atoms with Crippen molar-refractivity contribution in [2.45, 2.75) is 13.0 Å². The van der Waals surface area contributed by atoms with Gasteiger partial charge in [0.2, 0.25) is 5.95 Å².